The molecule has 0 aromatic heterocycles. The fourth-order valence-electron chi connectivity index (χ4n) is 3.06. The Balaban J connectivity index is 1.70. The third kappa shape index (κ3) is 2.98. The molecule has 0 atom stereocenters. The first kappa shape index (κ1) is 12.4. The third-order valence-electron chi connectivity index (χ3n) is 4.83. The Labute approximate surface area is 100 Å². The second-order valence-electron chi connectivity index (χ2n) is 6.61. The van der Waals surface area contributed by atoms with Crippen molar-refractivity contribution < 1.29 is 0 Å². The molecule has 16 heavy (non-hydrogen) atoms. The van der Waals surface area contributed by atoms with Crippen molar-refractivity contribution >= 4 is 0 Å². The van der Waals surface area contributed by atoms with Gasteiger partial charge in [0.15, 0.2) is 0 Å². The van der Waals surface area contributed by atoms with Crippen LogP contribution in [0.15, 0.2) is 0 Å². The maximum Gasteiger partial charge on any atom is 0.00684 e. The van der Waals surface area contributed by atoms with Crippen LogP contribution in [0.3, 0.4) is 0 Å². The Bertz CT molecular complexity index is 213. The summed E-state index contributed by atoms with van der Waals surface area (Å²) in [5.74, 6) is 0.964. The van der Waals surface area contributed by atoms with Crippen LogP contribution in [0, 0.1) is 11.3 Å². The predicted molar refractivity (Wildman–Crippen MR) is 69.4 cm³/mol. The molecule has 94 valence electrons. The SMILES string of the molecule is CC(C)(CNC1CCC(N)CC1)C1CCC1. The molecule has 0 aromatic carbocycles. The standard InChI is InChI=1S/C14H28N2/c1-14(2,11-4-3-5-11)10-16-13-8-6-12(15)7-9-13/h11-13,16H,3-10,15H2,1-2H3. The van der Waals surface area contributed by atoms with Crippen molar-refractivity contribution in [3.63, 3.8) is 0 Å². The molecule has 0 unspecified atom stereocenters. The van der Waals surface area contributed by atoms with Gasteiger partial charge in [-0.2, -0.15) is 0 Å². The van der Waals surface area contributed by atoms with Gasteiger partial charge in [0.2, 0.25) is 0 Å². The molecule has 2 rings (SSSR count). The van der Waals surface area contributed by atoms with Gasteiger partial charge in [0.1, 0.15) is 0 Å². The summed E-state index contributed by atoms with van der Waals surface area (Å²) in [6.07, 6.45) is 9.33. The fourth-order valence-corrected chi connectivity index (χ4v) is 3.06. The van der Waals surface area contributed by atoms with Gasteiger partial charge in [0.25, 0.3) is 0 Å². The number of hydrogen-bond acceptors (Lipinski definition) is 2. The highest BCUT2D eigenvalue weighted by Gasteiger charge is 2.34. The van der Waals surface area contributed by atoms with E-state index in [2.05, 4.69) is 19.2 Å². The molecule has 0 bridgehead atoms. The summed E-state index contributed by atoms with van der Waals surface area (Å²) in [5, 5.41) is 3.78. The lowest BCUT2D eigenvalue weighted by atomic mass is 9.67. The summed E-state index contributed by atoms with van der Waals surface area (Å²) in [6, 6.07) is 1.21. The Morgan fingerprint density at radius 2 is 1.69 bits per heavy atom. The first-order valence-electron chi connectivity index (χ1n) is 7.07. The Hall–Kier alpha value is -0.0800. The zero-order valence-corrected chi connectivity index (χ0v) is 11.0. The molecule has 0 spiro atoms. The molecule has 0 radical (unpaired) electrons. The van der Waals surface area contributed by atoms with Crippen molar-refractivity contribution in [2.24, 2.45) is 17.1 Å². The van der Waals surface area contributed by atoms with Crippen LogP contribution in [0.25, 0.3) is 0 Å². The van der Waals surface area contributed by atoms with Crippen LogP contribution in [0.1, 0.15) is 58.8 Å². The first-order valence-corrected chi connectivity index (χ1v) is 7.07. The van der Waals surface area contributed by atoms with Gasteiger partial charge in [-0.1, -0.05) is 20.3 Å². The molecule has 0 saturated heterocycles. The van der Waals surface area contributed by atoms with Crippen LogP contribution in [-0.2, 0) is 0 Å². The molecule has 2 aliphatic carbocycles. The number of hydrogen-bond donors (Lipinski definition) is 2. The van der Waals surface area contributed by atoms with Crippen LogP contribution in [0.4, 0.5) is 0 Å². The van der Waals surface area contributed by atoms with Crippen LogP contribution in [0.5, 0.6) is 0 Å². The van der Waals surface area contributed by atoms with E-state index in [1.54, 1.807) is 0 Å². The van der Waals surface area contributed by atoms with E-state index >= 15 is 0 Å². The van der Waals surface area contributed by atoms with Gasteiger partial charge in [-0.15, -0.1) is 0 Å². The van der Waals surface area contributed by atoms with E-state index in [0.29, 0.717) is 11.5 Å². The van der Waals surface area contributed by atoms with Crippen molar-refractivity contribution in [3.05, 3.63) is 0 Å². The number of nitrogens with one attached hydrogen (secondary N) is 1. The minimum Gasteiger partial charge on any atom is -0.328 e. The predicted octanol–water partition coefficient (Wildman–Crippen LogP) is 2.67. The lowest BCUT2D eigenvalue weighted by Crippen LogP contribution is -2.44. The zero-order valence-electron chi connectivity index (χ0n) is 11.0. The lowest BCUT2D eigenvalue weighted by Gasteiger charge is -2.42. The monoisotopic (exact) mass is 224 g/mol. The van der Waals surface area contributed by atoms with E-state index in [1.165, 1.54) is 51.5 Å². The van der Waals surface area contributed by atoms with Gasteiger partial charge in [-0.05, 0) is 49.9 Å². The van der Waals surface area contributed by atoms with Crippen molar-refractivity contribution in [3.8, 4) is 0 Å². The second-order valence-corrected chi connectivity index (χ2v) is 6.61. The fraction of sp³-hybridized carbons (Fsp3) is 1.00. The third-order valence-corrected chi connectivity index (χ3v) is 4.83. The highest BCUT2D eigenvalue weighted by molar-refractivity contribution is 4.88. The van der Waals surface area contributed by atoms with E-state index in [-0.39, 0.29) is 0 Å². The number of nitrogens with two attached hydrogens (primary N) is 1. The maximum atomic E-state index is 5.93. The Kier molecular flexibility index (Phi) is 3.91. The molecule has 2 nitrogen and oxygen atoms in total. The van der Waals surface area contributed by atoms with Gasteiger partial charge in [-0.25, -0.2) is 0 Å². The van der Waals surface area contributed by atoms with Crippen molar-refractivity contribution in [2.75, 3.05) is 6.54 Å². The van der Waals surface area contributed by atoms with Crippen LogP contribution >= 0.6 is 0 Å². The zero-order chi connectivity index (χ0) is 11.6. The molecule has 2 heteroatoms. The van der Waals surface area contributed by atoms with Gasteiger partial charge in [0, 0.05) is 18.6 Å². The maximum absolute atomic E-state index is 5.93. The van der Waals surface area contributed by atoms with Crippen LogP contribution in [-0.4, -0.2) is 18.6 Å². The van der Waals surface area contributed by atoms with E-state index in [4.69, 9.17) is 5.73 Å². The van der Waals surface area contributed by atoms with E-state index in [9.17, 15) is 0 Å². The summed E-state index contributed by atoms with van der Waals surface area (Å²) in [6.45, 7) is 6.05. The molecule has 0 aromatic rings. The average molecular weight is 224 g/mol. The molecule has 0 amide bonds. The molecule has 3 N–H and O–H groups in total. The van der Waals surface area contributed by atoms with Gasteiger partial charge in [0.05, 0.1) is 0 Å². The topological polar surface area (TPSA) is 38.0 Å². The van der Waals surface area contributed by atoms with Crippen LogP contribution < -0.4 is 11.1 Å². The Morgan fingerprint density at radius 1 is 1.06 bits per heavy atom. The second kappa shape index (κ2) is 5.05. The van der Waals surface area contributed by atoms with E-state index < -0.39 is 0 Å². The smallest absolute Gasteiger partial charge is 0.00684 e. The van der Waals surface area contributed by atoms with E-state index in [0.717, 1.165) is 12.0 Å². The first-order chi connectivity index (χ1) is 7.58. The van der Waals surface area contributed by atoms with Crippen molar-refractivity contribution in [1.29, 1.82) is 0 Å². The van der Waals surface area contributed by atoms with Crippen molar-refractivity contribution in [2.45, 2.75) is 70.9 Å². The minimum atomic E-state index is 0.470. The largest absolute Gasteiger partial charge is 0.328 e. The highest BCUT2D eigenvalue weighted by atomic mass is 14.9. The quantitative estimate of drug-likeness (QED) is 0.770. The van der Waals surface area contributed by atoms with Crippen LogP contribution in [0.2, 0.25) is 0 Å². The summed E-state index contributed by atoms with van der Waals surface area (Å²) >= 11 is 0. The average Bonchev–Trinajstić information content (AvgIpc) is 2.13. The summed E-state index contributed by atoms with van der Waals surface area (Å²) in [5.41, 5.74) is 6.43. The molecule has 2 fully saturated rings. The van der Waals surface area contributed by atoms with Gasteiger partial charge < -0.3 is 11.1 Å². The summed E-state index contributed by atoms with van der Waals surface area (Å²) in [4.78, 5) is 0. The molecular weight excluding hydrogens is 196 g/mol. The lowest BCUT2D eigenvalue weighted by molar-refractivity contribution is 0.112. The highest BCUT2D eigenvalue weighted by Crippen LogP contribution is 2.41. The molecule has 0 aliphatic heterocycles. The summed E-state index contributed by atoms with van der Waals surface area (Å²) in [7, 11) is 0. The van der Waals surface area contributed by atoms with Gasteiger partial charge in [-0.3, -0.25) is 0 Å². The number of rotatable bonds is 4. The molecule has 2 aliphatic rings. The minimum absolute atomic E-state index is 0.470. The normalized spacial score (nSPS) is 32.4. The summed E-state index contributed by atoms with van der Waals surface area (Å²) < 4.78 is 0. The van der Waals surface area contributed by atoms with Crippen molar-refractivity contribution in [1.82, 2.24) is 5.32 Å². The Morgan fingerprint density at radius 3 is 2.19 bits per heavy atom. The van der Waals surface area contributed by atoms with E-state index in [1.807, 2.05) is 0 Å². The molecule has 2 saturated carbocycles. The molecule has 0 heterocycles. The molecular formula is C14H28N2. The van der Waals surface area contributed by atoms with Gasteiger partial charge >= 0.3 is 0 Å².